The van der Waals surface area contributed by atoms with Crippen LogP contribution in [0.5, 0.6) is 0 Å². The number of nitrogens with zero attached hydrogens (tertiary/aromatic N) is 1. The Hall–Kier alpha value is -1.31. The van der Waals surface area contributed by atoms with Gasteiger partial charge in [0, 0.05) is 6.20 Å². The van der Waals surface area contributed by atoms with Crippen molar-refractivity contribution < 1.29 is 0 Å². The van der Waals surface area contributed by atoms with Crippen molar-refractivity contribution in [2.24, 2.45) is 0 Å². The summed E-state index contributed by atoms with van der Waals surface area (Å²) in [5.74, 6) is 0.671. The monoisotopic (exact) mass is 164 g/mol. The van der Waals surface area contributed by atoms with Gasteiger partial charge in [-0.3, -0.25) is 0 Å². The van der Waals surface area contributed by atoms with E-state index in [0.717, 1.165) is 18.4 Å². The molecule has 0 aliphatic carbocycles. The predicted octanol–water partition coefficient (Wildman–Crippen LogP) is 2.42. The highest BCUT2D eigenvalue weighted by molar-refractivity contribution is 5.38. The van der Waals surface area contributed by atoms with Crippen LogP contribution in [0.1, 0.15) is 18.9 Å². The molecular weight excluding hydrogens is 148 g/mol. The lowest BCUT2D eigenvalue weighted by atomic mass is 10.1. The first-order valence-electron chi connectivity index (χ1n) is 4.04. The van der Waals surface area contributed by atoms with Crippen LogP contribution >= 0.6 is 0 Å². The van der Waals surface area contributed by atoms with Crippen molar-refractivity contribution in [3.05, 3.63) is 37.1 Å². The van der Waals surface area contributed by atoms with Gasteiger partial charge in [0.15, 0.2) is 0 Å². The van der Waals surface area contributed by atoms with Crippen LogP contribution in [0.2, 0.25) is 0 Å². The third-order valence-corrected chi connectivity index (χ3v) is 1.45. The number of aryl methyl sites for hydroxylation is 1. The summed E-state index contributed by atoms with van der Waals surface area (Å²) in [5.41, 5.74) is 6.75. The first kappa shape index (κ1) is 10.7. The van der Waals surface area contributed by atoms with Crippen molar-refractivity contribution in [3.8, 4) is 0 Å². The van der Waals surface area contributed by atoms with E-state index in [1.807, 2.05) is 12.1 Å². The summed E-state index contributed by atoms with van der Waals surface area (Å²) in [6.07, 6.45) is 3.87. The second-order valence-electron chi connectivity index (χ2n) is 2.30. The number of nitrogen functional groups attached to an aromatic ring is 1. The van der Waals surface area contributed by atoms with Crippen LogP contribution in [-0.2, 0) is 6.42 Å². The minimum atomic E-state index is 0.671. The summed E-state index contributed by atoms with van der Waals surface area (Å²) in [7, 11) is 0. The van der Waals surface area contributed by atoms with E-state index in [1.165, 1.54) is 0 Å². The van der Waals surface area contributed by atoms with E-state index >= 15 is 0 Å². The third kappa shape index (κ3) is 3.19. The molecule has 0 bridgehead atoms. The summed E-state index contributed by atoms with van der Waals surface area (Å²) in [4.78, 5) is 3.98. The fourth-order valence-electron chi connectivity index (χ4n) is 0.932. The Morgan fingerprint density at radius 3 is 2.67 bits per heavy atom. The molecule has 1 rings (SSSR count). The van der Waals surface area contributed by atoms with Gasteiger partial charge >= 0.3 is 0 Å². The quantitative estimate of drug-likeness (QED) is 0.682. The molecule has 2 heteroatoms. The number of hydrogen-bond acceptors (Lipinski definition) is 2. The van der Waals surface area contributed by atoms with Gasteiger partial charge < -0.3 is 5.73 Å². The van der Waals surface area contributed by atoms with Crippen LogP contribution in [0.4, 0.5) is 5.82 Å². The van der Waals surface area contributed by atoms with Crippen LogP contribution in [-0.4, -0.2) is 4.98 Å². The van der Waals surface area contributed by atoms with Crippen molar-refractivity contribution in [1.29, 1.82) is 0 Å². The Bertz CT molecular complexity index is 221. The van der Waals surface area contributed by atoms with Gasteiger partial charge in [-0.1, -0.05) is 19.4 Å². The molecular formula is C10H16N2. The maximum absolute atomic E-state index is 5.60. The Morgan fingerprint density at radius 1 is 1.50 bits per heavy atom. The van der Waals surface area contributed by atoms with Crippen molar-refractivity contribution in [3.63, 3.8) is 0 Å². The number of hydrogen-bond donors (Lipinski definition) is 1. The van der Waals surface area contributed by atoms with Crippen LogP contribution in [0.3, 0.4) is 0 Å². The van der Waals surface area contributed by atoms with E-state index in [0.29, 0.717) is 5.82 Å². The summed E-state index contributed by atoms with van der Waals surface area (Å²) < 4.78 is 0. The van der Waals surface area contributed by atoms with Gasteiger partial charge in [-0.25, -0.2) is 4.98 Å². The smallest absolute Gasteiger partial charge is 0.126 e. The van der Waals surface area contributed by atoms with Crippen LogP contribution in [0, 0.1) is 0 Å². The molecule has 0 amide bonds. The Balaban J connectivity index is 0.000000561. The van der Waals surface area contributed by atoms with Crippen LogP contribution in [0.25, 0.3) is 0 Å². The van der Waals surface area contributed by atoms with E-state index in [-0.39, 0.29) is 0 Å². The molecule has 0 unspecified atom stereocenters. The molecule has 66 valence electrons. The summed E-state index contributed by atoms with van der Waals surface area (Å²) in [6, 6.07) is 3.94. The van der Waals surface area contributed by atoms with Crippen LogP contribution < -0.4 is 5.73 Å². The van der Waals surface area contributed by atoms with E-state index in [2.05, 4.69) is 25.1 Å². The average Bonchev–Trinajstić information content (AvgIpc) is 2.13. The van der Waals surface area contributed by atoms with Gasteiger partial charge in [0.25, 0.3) is 0 Å². The standard InChI is InChI=1S/C8H12N2.C2H4/c1-2-4-7-5-3-6-10-8(7)9;1-2/h3,5-6H,2,4H2,1H3,(H2,9,10);1-2H2. The van der Waals surface area contributed by atoms with Gasteiger partial charge in [-0.15, -0.1) is 13.2 Å². The third-order valence-electron chi connectivity index (χ3n) is 1.45. The number of nitrogens with two attached hydrogens (primary N) is 1. The molecule has 0 saturated heterocycles. The van der Waals surface area contributed by atoms with E-state index in [1.54, 1.807) is 6.20 Å². The van der Waals surface area contributed by atoms with Gasteiger partial charge in [-0.05, 0) is 18.1 Å². The molecule has 2 N–H and O–H groups in total. The normalized spacial score (nSPS) is 8.42. The first-order valence-corrected chi connectivity index (χ1v) is 4.04. The number of aromatic nitrogens is 1. The highest BCUT2D eigenvalue weighted by Crippen LogP contribution is 2.08. The molecule has 1 aromatic heterocycles. The molecule has 0 aromatic carbocycles. The molecule has 0 atom stereocenters. The predicted molar refractivity (Wildman–Crippen MR) is 53.9 cm³/mol. The zero-order valence-corrected chi connectivity index (χ0v) is 7.59. The molecule has 12 heavy (non-hydrogen) atoms. The number of pyridine rings is 1. The molecule has 0 saturated carbocycles. The molecule has 0 radical (unpaired) electrons. The fraction of sp³-hybridized carbons (Fsp3) is 0.300. The topological polar surface area (TPSA) is 38.9 Å². The lowest BCUT2D eigenvalue weighted by molar-refractivity contribution is 0.918. The van der Waals surface area contributed by atoms with Crippen molar-refractivity contribution in [2.45, 2.75) is 19.8 Å². The second-order valence-corrected chi connectivity index (χ2v) is 2.30. The van der Waals surface area contributed by atoms with Gasteiger partial charge in [-0.2, -0.15) is 0 Å². The molecule has 0 aliphatic heterocycles. The van der Waals surface area contributed by atoms with Crippen LogP contribution in [0.15, 0.2) is 31.5 Å². The molecule has 0 spiro atoms. The molecule has 0 aliphatic rings. The Labute approximate surface area is 74.1 Å². The summed E-state index contributed by atoms with van der Waals surface area (Å²) >= 11 is 0. The van der Waals surface area contributed by atoms with Crippen molar-refractivity contribution >= 4 is 5.82 Å². The number of anilines is 1. The highest BCUT2D eigenvalue weighted by atomic mass is 14.8. The molecule has 0 fully saturated rings. The second kappa shape index (κ2) is 6.40. The fourth-order valence-corrected chi connectivity index (χ4v) is 0.932. The first-order chi connectivity index (χ1) is 5.84. The highest BCUT2D eigenvalue weighted by Gasteiger charge is 1.94. The summed E-state index contributed by atoms with van der Waals surface area (Å²) in [6.45, 7) is 8.13. The number of rotatable bonds is 2. The minimum absolute atomic E-state index is 0.671. The minimum Gasteiger partial charge on any atom is -0.383 e. The molecule has 1 heterocycles. The van der Waals surface area contributed by atoms with E-state index in [9.17, 15) is 0 Å². The maximum atomic E-state index is 5.60. The molecule has 2 nitrogen and oxygen atoms in total. The van der Waals surface area contributed by atoms with Gasteiger partial charge in [0.05, 0.1) is 0 Å². The zero-order chi connectivity index (χ0) is 9.40. The summed E-state index contributed by atoms with van der Waals surface area (Å²) in [5, 5.41) is 0. The maximum Gasteiger partial charge on any atom is 0.126 e. The SMILES string of the molecule is C=C.CCCc1cccnc1N. The van der Waals surface area contributed by atoms with Gasteiger partial charge in [0.1, 0.15) is 5.82 Å². The zero-order valence-electron chi connectivity index (χ0n) is 7.59. The van der Waals surface area contributed by atoms with Crippen molar-refractivity contribution in [2.75, 3.05) is 5.73 Å². The Kier molecular flexibility index (Phi) is 5.70. The van der Waals surface area contributed by atoms with E-state index in [4.69, 9.17) is 5.73 Å². The average molecular weight is 164 g/mol. The van der Waals surface area contributed by atoms with Crippen molar-refractivity contribution in [1.82, 2.24) is 4.98 Å². The van der Waals surface area contributed by atoms with E-state index < -0.39 is 0 Å². The largest absolute Gasteiger partial charge is 0.383 e. The lowest BCUT2D eigenvalue weighted by Crippen LogP contribution is -1.95. The Morgan fingerprint density at radius 2 is 2.17 bits per heavy atom. The lowest BCUT2D eigenvalue weighted by Gasteiger charge is -1.99. The van der Waals surface area contributed by atoms with Gasteiger partial charge in [0.2, 0.25) is 0 Å². The molecule has 1 aromatic rings.